The van der Waals surface area contributed by atoms with Gasteiger partial charge in [-0.25, -0.2) is 5.84 Å². The number of amidine groups is 1. The number of hydrogen-bond acceptors (Lipinski definition) is 3. The van der Waals surface area contributed by atoms with Crippen LogP contribution in [-0.2, 0) is 0 Å². The second-order valence-corrected chi connectivity index (χ2v) is 2.11. The third-order valence-corrected chi connectivity index (χ3v) is 1.28. The minimum atomic E-state index is 0.831. The van der Waals surface area contributed by atoms with Crippen LogP contribution in [0, 0.1) is 0 Å². The van der Waals surface area contributed by atoms with Crippen LogP contribution >= 0.6 is 11.8 Å². The molecule has 0 fully saturated rings. The molecule has 0 saturated heterocycles. The molecule has 0 aliphatic carbocycles. The van der Waals surface area contributed by atoms with Gasteiger partial charge in [0.15, 0.2) is 0 Å². The Balaban J connectivity index is 3.38. The van der Waals surface area contributed by atoms with Crippen LogP contribution in [0.1, 0.15) is 0 Å². The van der Waals surface area contributed by atoms with E-state index in [2.05, 4.69) is 10.4 Å². The Kier molecular flexibility index (Phi) is 4.79. The number of thioether (sulfide) groups is 1. The van der Waals surface area contributed by atoms with Crippen molar-refractivity contribution in [3.05, 3.63) is 0 Å². The maximum absolute atomic E-state index is 5.08. The highest BCUT2D eigenvalue weighted by molar-refractivity contribution is 7.99. The molecule has 0 aromatic carbocycles. The number of aliphatic imine (C=N–C) groups is 1. The topological polar surface area (TPSA) is 50.4 Å². The summed E-state index contributed by atoms with van der Waals surface area (Å²) in [5, 5.41) is 0. The van der Waals surface area contributed by atoms with Gasteiger partial charge in [-0.05, 0) is 6.26 Å². The summed E-state index contributed by atoms with van der Waals surface area (Å²) in [6.45, 7) is 0. The molecule has 0 aromatic heterocycles. The molecule has 0 atom stereocenters. The highest BCUT2D eigenvalue weighted by Crippen LogP contribution is 1.89. The molecule has 0 spiro atoms. The number of rotatable bonds is 2. The molecule has 3 nitrogen and oxygen atoms in total. The van der Waals surface area contributed by atoms with E-state index >= 15 is 0 Å². The molecule has 0 aromatic rings. The van der Waals surface area contributed by atoms with E-state index in [9.17, 15) is 0 Å². The summed E-state index contributed by atoms with van der Waals surface area (Å²) in [6, 6.07) is 0. The largest absolute Gasteiger partial charge is 0.312 e. The van der Waals surface area contributed by atoms with Gasteiger partial charge in [0.2, 0.25) is 0 Å². The average molecular weight is 133 g/mol. The third-order valence-electron chi connectivity index (χ3n) is 0.718. The van der Waals surface area contributed by atoms with Crippen LogP contribution in [0.15, 0.2) is 4.99 Å². The van der Waals surface area contributed by atoms with Crippen molar-refractivity contribution in [2.24, 2.45) is 10.8 Å². The Bertz CT molecular complexity index is 81.4. The van der Waals surface area contributed by atoms with Gasteiger partial charge in [-0.15, -0.1) is 0 Å². The maximum Gasteiger partial charge on any atom is 0.120 e. The zero-order valence-corrected chi connectivity index (χ0v) is 5.96. The Labute approximate surface area is 53.7 Å². The van der Waals surface area contributed by atoms with Gasteiger partial charge in [0, 0.05) is 7.05 Å². The third kappa shape index (κ3) is 2.87. The van der Waals surface area contributed by atoms with Gasteiger partial charge < -0.3 is 5.43 Å². The molecule has 4 heteroatoms. The Hall–Kier alpha value is -0.220. The lowest BCUT2D eigenvalue weighted by atomic mass is 10.7. The van der Waals surface area contributed by atoms with Crippen LogP contribution in [0.5, 0.6) is 0 Å². The number of nitrogens with two attached hydrogens (primary N) is 1. The van der Waals surface area contributed by atoms with E-state index in [1.54, 1.807) is 18.8 Å². The van der Waals surface area contributed by atoms with Gasteiger partial charge in [-0.2, -0.15) is 11.8 Å². The molecule has 0 aliphatic heterocycles. The lowest BCUT2D eigenvalue weighted by Crippen LogP contribution is -2.31. The molecular formula is C4H11N3S. The fourth-order valence-electron chi connectivity index (χ4n) is 0.307. The monoisotopic (exact) mass is 133 g/mol. The van der Waals surface area contributed by atoms with E-state index in [-0.39, 0.29) is 0 Å². The standard InChI is InChI=1S/C4H11N3S/c1-6-4(7-5)3-8-2/h3,5H2,1-2H3,(H,6,7). The van der Waals surface area contributed by atoms with Gasteiger partial charge in [0.25, 0.3) is 0 Å². The zero-order valence-electron chi connectivity index (χ0n) is 5.14. The summed E-state index contributed by atoms with van der Waals surface area (Å²) < 4.78 is 0. The molecule has 0 saturated carbocycles. The minimum Gasteiger partial charge on any atom is -0.312 e. The molecule has 3 N–H and O–H groups in total. The Morgan fingerprint density at radius 3 is 2.62 bits per heavy atom. The molecule has 0 amide bonds. The van der Waals surface area contributed by atoms with E-state index in [0.29, 0.717) is 0 Å². The molecule has 0 aliphatic rings. The second-order valence-electron chi connectivity index (χ2n) is 1.25. The average Bonchev–Trinajstić information content (AvgIpc) is 1.83. The van der Waals surface area contributed by atoms with Crippen LogP contribution in [0.4, 0.5) is 0 Å². The molecule has 0 heterocycles. The van der Waals surface area contributed by atoms with Gasteiger partial charge in [-0.3, -0.25) is 4.99 Å². The van der Waals surface area contributed by atoms with Crippen LogP contribution in [0.2, 0.25) is 0 Å². The van der Waals surface area contributed by atoms with Gasteiger partial charge in [-0.1, -0.05) is 0 Å². The fraction of sp³-hybridized carbons (Fsp3) is 0.750. The molecule has 48 valence electrons. The van der Waals surface area contributed by atoms with E-state index in [4.69, 9.17) is 5.84 Å². The first-order chi connectivity index (χ1) is 3.85. The molecule has 0 radical (unpaired) electrons. The van der Waals surface area contributed by atoms with Crippen molar-refractivity contribution in [3.63, 3.8) is 0 Å². The van der Waals surface area contributed by atoms with Gasteiger partial charge >= 0.3 is 0 Å². The molecule has 0 bridgehead atoms. The van der Waals surface area contributed by atoms with E-state index in [0.717, 1.165) is 11.6 Å². The van der Waals surface area contributed by atoms with Crippen LogP contribution in [0.3, 0.4) is 0 Å². The van der Waals surface area contributed by atoms with E-state index in [1.165, 1.54) is 0 Å². The number of nitrogens with one attached hydrogen (secondary N) is 1. The van der Waals surface area contributed by atoms with Crippen molar-refractivity contribution in [2.45, 2.75) is 0 Å². The SMILES string of the molecule is CN=C(CSC)NN. The number of nitrogens with zero attached hydrogens (tertiary/aromatic N) is 1. The molecule has 0 rings (SSSR count). The fourth-order valence-corrected chi connectivity index (χ4v) is 0.793. The summed E-state index contributed by atoms with van der Waals surface area (Å²) in [4.78, 5) is 3.86. The van der Waals surface area contributed by atoms with Crippen LogP contribution in [0.25, 0.3) is 0 Å². The maximum atomic E-state index is 5.08. The van der Waals surface area contributed by atoms with Crippen LogP contribution in [-0.4, -0.2) is 24.9 Å². The lowest BCUT2D eigenvalue weighted by Gasteiger charge is -1.98. The minimum absolute atomic E-state index is 0.831. The molecule has 0 unspecified atom stereocenters. The first-order valence-corrected chi connectivity index (χ1v) is 3.65. The van der Waals surface area contributed by atoms with Crippen molar-refractivity contribution in [3.8, 4) is 0 Å². The first kappa shape index (κ1) is 7.78. The summed E-state index contributed by atoms with van der Waals surface area (Å²) in [6.07, 6.45) is 2.00. The number of hydrazine groups is 1. The van der Waals surface area contributed by atoms with Crippen molar-refractivity contribution in [1.29, 1.82) is 0 Å². The summed E-state index contributed by atoms with van der Waals surface area (Å²) in [5.41, 5.74) is 2.48. The van der Waals surface area contributed by atoms with Crippen molar-refractivity contribution in [1.82, 2.24) is 5.43 Å². The van der Waals surface area contributed by atoms with E-state index < -0.39 is 0 Å². The van der Waals surface area contributed by atoms with Crippen molar-refractivity contribution < 1.29 is 0 Å². The van der Waals surface area contributed by atoms with Gasteiger partial charge in [0.1, 0.15) is 5.84 Å². The lowest BCUT2D eigenvalue weighted by molar-refractivity contribution is 1.01. The predicted octanol–water partition coefficient (Wildman–Crippen LogP) is -0.159. The van der Waals surface area contributed by atoms with Crippen molar-refractivity contribution >= 4 is 17.6 Å². The number of hydrogen-bond donors (Lipinski definition) is 2. The summed E-state index contributed by atoms with van der Waals surface area (Å²) in [5.74, 6) is 6.76. The normalized spacial score (nSPS) is 11.6. The first-order valence-electron chi connectivity index (χ1n) is 2.26. The van der Waals surface area contributed by atoms with Crippen LogP contribution < -0.4 is 11.3 Å². The highest BCUT2D eigenvalue weighted by Gasteiger charge is 1.88. The summed E-state index contributed by atoms with van der Waals surface area (Å²) in [7, 11) is 1.71. The van der Waals surface area contributed by atoms with Gasteiger partial charge in [0.05, 0.1) is 5.75 Å². The van der Waals surface area contributed by atoms with E-state index in [1.807, 2.05) is 6.26 Å². The Morgan fingerprint density at radius 2 is 2.50 bits per heavy atom. The quantitative estimate of drug-likeness (QED) is 0.238. The highest BCUT2D eigenvalue weighted by atomic mass is 32.2. The van der Waals surface area contributed by atoms with Crippen molar-refractivity contribution in [2.75, 3.05) is 19.1 Å². The Morgan fingerprint density at radius 1 is 1.88 bits per heavy atom. The smallest absolute Gasteiger partial charge is 0.120 e. The second kappa shape index (κ2) is 4.93. The zero-order chi connectivity index (χ0) is 6.41. The predicted molar refractivity (Wildman–Crippen MR) is 39.1 cm³/mol. The molecule has 8 heavy (non-hydrogen) atoms. The summed E-state index contributed by atoms with van der Waals surface area (Å²) >= 11 is 1.69. The molecular weight excluding hydrogens is 122 g/mol.